The van der Waals surface area contributed by atoms with Gasteiger partial charge in [-0.2, -0.15) is 0 Å². The molecule has 3 rings (SSSR count). The normalized spacial score (nSPS) is 22.3. The Bertz CT molecular complexity index is 468. The summed E-state index contributed by atoms with van der Waals surface area (Å²) >= 11 is 2.27. The molecule has 1 aromatic heterocycles. The molecule has 0 aliphatic heterocycles. The number of anilines is 1. The van der Waals surface area contributed by atoms with Crippen LogP contribution in [0.1, 0.15) is 56.0 Å². The van der Waals surface area contributed by atoms with Crippen molar-refractivity contribution in [2.45, 2.75) is 50.0 Å². The van der Waals surface area contributed by atoms with Crippen molar-refractivity contribution in [1.82, 2.24) is 9.97 Å². The molecule has 0 spiro atoms. The van der Waals surface area contributed by atoms with Crippen LogP contribution in [0.2, 0.25) is 0 Å². The maximum absolute atomic E-state index is 6.05. The van der Waals surface area contributed by atoms with Crippen molar-refractivity contribution in [2.24, 2.45) is 0 Å². The summed E-state index contributed by atoms with van der Waals surface area (Å²) < 4.78 is 6.78. The minimum Gasteiger partial charge on any atom is -0.383 e. The number of nitrogens with zero attached hydrogens (tertiary/aromatic N) is 2. The summed E-state index contributed by atoms with van der Waals surface area (Å²) in [5.74, 6) is 2.02. The number of nitrogen functional groups attached to an aromatic ring is 1. The van der Waals surface area contributed by atoms with Gasteiger partial charge >= 0.3 is 0 Å². The molecule has 0 saturated heterocycles. The van der Waals surface area contributed by atoms with E-state index < -0.39 is 0 Å². The molecule has 2 fully saturated rings. The average molecular weight is 359 g/mol. The minimum absolute atomic E-state index is 0.290. The van der Waals surface area contributed by atoms with Crippen LogP contribution in [0.3, 0.4) is 0 Å². The number of hydrogen-bond donors (Lipinski definition) is 1. The SMILES string of the molecule is COC1(c2nc(N)c(I)c(C3CC3)n2)CCCC1. The molecule has 0 amide bonds. The third-order valence-corrected chi connectivity index (χ3v) is 5.18. The summed E-state index contributed by atoms with van der Waals surface area (Å²) in [5.41, 5.74) is 6.90. The lowest BCUT2D eigenvalue weighted by Gasteiger charge is -2.26. The molecule has 2 N–H and O–H groups in total. The van der Waals surface area contributed by atoms with E-state index in [4.69, 9.17) is 15.5 Å². The van der Waals surface area contributed by atoms with Crippen molar-refractivity contribution in [1.29, 1.82) is 0 Å². The van der Waals surface area contributed by atoms with Crippen LogP contribution < -0.4 is 5.73 Å². The summed E-state index contributed by atoms with van der Waals surface area (Å²) in [4.78, 5) is 9.30. The quantitative estimate of drug-likeness (QED) is 0.843. The van der Waals surface area contributed by atoms with E-state index >= 15 is 0 Å². The van der Waals surface area contributed by atoms with Crippen LogP contribution in [0.4, 0.5) is 5.82 Å². The van der Waals surface area contributed by atoms with Gasteiger partial charge in [0.05, 0.1) is 9.26 Å². The zero-order chi connectivity index (χ0) is 12.8. The Morgan fingerprint density at radius 2 is 1.94 bits per heavy atom. The third-order valence-electron chi connectivity index (χ3n) is 4.08. The molecule has 1 aromatic rings. The number of methoxy groups -OCH3 is 1. The number of nitrogens with two attached hydrogens (primary N) is 1. The second-order valence-corrected chi connectivity index (χ2v) is 6.39. The van der Waals surface area contributed by atoms with E-state index in [-0.39, 0.29) is 5.60 Å². The Morgan fingerprint density at radius 1 is 1.28 bits per heavy atom. The average Bonchev–Trinajstić information content (AvgIpc) is 3.10. The monoisotopic (exact) mass is 359 g/mol. The maximum atomic E-state index is 6.05. The highest BCUT2D eigenvalue weighted by atomic mass is 127. The van der Waals surface area contributed by atoms with E-state index in [2.05, 4.69) is 27.6 Å². The smallest absolute Gasteiger partial charge is 0.162 e. The number of ether oxygens (including phenoxy) is 1. The third kappa shape index (κ3) is 2.01. The van der Waals surface area contributed by atoms with Gasteiger partial charge in [-0.1, -0.05) is 0 Å². The van der Waals surface area contributed by atoms with Gasteiger partial charge in [-0.25, -0.2) is 9.97 Å². The lowest BCUT2D eigenvalue weighted by molar-refractivity contribution is -0.0163. The fourth-order valence-electron chi connectivity index (χ4n) is 2.78. The van der Waals surface area contributed by atoms with Crippen LogP contribution >= 0.6 is 22.6 Å². The molecule has 0 atom stereocenters. The van der Waals surface area contributed by atoms with E-state index in [0.717, 1.165) is 27.9 Å². The summed E-state index contributed by atoms with van der Waals surface area (Å²) in [5, 5.41) is 0. The Hall–Kier alpha value is -0.430. The van der Waals surface area contributed by atoms with Crippen molar-refractivity contribution in [3.8, 4) is 0 Å². The van der Waals surface area contributed by atoms with Gasteiger partial charge in [-0.05, 0) is 61.1 Å². The molecule has 5 heteroatoms. The van der Waals surface area contributed by atoms with Crippen molar-refractivity contribution in [3.05, 3.63) is 15.1 Å². The molecular weight excluding hydrogens is 341 g/mol. The molecule has 0 bridgehead atoms. The molecule has 0 radical (unpaired) electrons. The van der Waals surface area contributed by atoms with Crippen molar-refractivity contribution < 1.29 is 4.74 Å². The molecule has 2 aliphatic rings. The highest BCUT2D eigenvalue weighted by molar-refractivity contribution is 14.1. The molecule has 98 valence electrons. The second kappa shape index (κ2) is 4.59. The zero-order valence-corrected chi connectivity index (χ0v) is 12.7. The zero-order valence-electron chi connectivity index (χ0n) is 10.6. The molecule has 0 unspecified atom stereocenters. The first kappa shape index (κ1) is 12.6. The highest BCUT2D eigenvalue weighted by Gasteiger charge is 2.40. The minimum atomic E-state index is -0.290. The lowest BCUT2D eigenvalue weighted by atomic mass is 10.0. The van der Waals surface area contributed by atoms with E-state index in [0.29, 0.717) is 11.7 Å². The van der Waals surface area contributed by atoms with Gasteiger partial charge in [0.15, 0.2) is 5.82 Å². The van der Waals surface area contributed by atoms with Gasteiger partial charge in [0.1, 0.15) is 11.4 Å². The van der Waals surface area contributed by atoms with Crippen LogP contribution in [-0.4, -0.2) is 17.1 Å². The summed E-state index contributed by atoms with van der Waals surface area (Å²) in [6.07, 6.45) is 6.84. The molecule has 0 aromatic carbocycles. The first-order chi connectivity index (χ1) is 8.66. The van der Waals surface area contributed by atoms with Gasteiger partial charge in [0, 0.05) is 13.0 Å². The number of hydrogen-bond acceptors (Lipinski definition) is 4. The van der Waals surface area contributed by atoms with Gasteiger partial charge in [-0.3, -0.25) is 0 Å². The fourth-order valence-corrected chi connectivity index (χ4v) is 3.46. The fraction of sp³-hybridized carbons (Fsp3) is 0.692. The maximum Gasteiger partial charge on any atom is 0.162 e. The van der Waals surface area contributed by atoms with Crippen molar-refractivity contribution >= 4 is 28.4 Å². The standard InChI is InChI=1S/C13H18IN3O/c1-18-13(6-2-3-7-13)12-16-10(8-4-5-8)9(14)11(15)17-12/h8H,2-7H2,1H3,(H2,15,16,17). The van der Waals surface area contributed by atoms with E-state index in [1.54, 1.807) is 7.11 Å². The van der Waals surface area contributed by atoms with Crippen molar-refractivity contribution in [3.63, 3.8) is 0 Å². The first-order valence-corrected chi connectivity index (χ1v) is 7.63. The molecule has 4 nitrogen and oxygen atoms in total. The largest absolute Gasteiger partial charge is 0.383 e. The summed E-state index contributed by atoms with van der Waals surface area (Å²) in [6, 6.07) is 0. The first-order valence-electron chi connectivity index (χ1n) is 6.55. The van der Waals surface area contributed by atoms with Gasteiger partial charge in [0.2, 0.25) is 0 Å². The predicted octanol–water partition coefficient (Wildman–Crippen LogP) is 2.96. The molecule has 2 saturated carbocycles. The Labute approximate surface area is 121 Å². The van der Waals surface area contributed by atoms with E-state index in [1.807, 2.05) is 0 Å². The van der Waals surface area contributed by atoms with Gasteiger partial charge < -0.3 is 10.5 Å². The lowest BCUT2D eigenvalue weighted by Crippen LogP contribution is -2.28. The number of rotatable bonds is 3. The van der Waals surface area contributed by atoms with Crippen LogP contribution in [0.25, 0.3) is 0 Å². The van der Waals surface area contributed by atoms with Crippen molar-refractivity contribution in [2.75, 3.05) is 12.8 Å². The predicted molar refractivity (Wildman–Crippen MR) is 78.3 cm³/mol. The van der Waals surface area contributed by atoms with Crippen LogP contribution in [0.15, 0.2) is 0 Å². The second-order valence-electron chi connectivity index (χ2n) is 5.31. The number of halogens is 1. The molecule has 2 aliphatic carbocycles. The van der Waals surface area contributed by atoms with Crippen LogP contribution in [0, 0.1) is 3.57 Å². The number of aromatic nitrogens is 2. The van der Waals surface area contributed by atoms with Crippen LogP contribution in [-0.2, 0) is 10.3 Å². The van der Waals surface area contributed by atoms with Gasteiger partial charge in [0.25, 0.3) is 0 Å². The molecule has 18 heavy (non-hydrogen) atoms. The van der Waals surface area contributed by atoms with Crippen LogP contribution in [0.5, 0.6) is 0 Å². The molecular formula is C13H18IN3O. The topological polar surface area (TPSA) is 61.0 Å². The molecule has 1 heterocycles. The van der Waals surface area contributed by atoms with Gasteiger partial charge in [-0.15, -0.1) is 0 Å². The van der Waals surface area contributed by atoms with E-state index in [9.17, 15) is 0 Å². The van der Waals surface area contributed by atoms with E-state index in [1.165, 1.54) is 25.7 Å². The summed E-state index contributed by atoms with van der Waals surface area (Å²) in [6.45, 7) is 0. The Balaban J connectivity index is 2.06. The highest BCUT2D eigenvalue weighted by Crippen LogP contribution is 2.45. The Morgan fingerprint density at radius 3 is 2.50 bits per heavy atom. The summed E-state index contributed by atoms with van der Waals surface area (Å²) in [7, 11) is 1.76. The Kier molecular flexibility index (Phi) is 3.21.